The first kappa shape index (κ1) is 49.0. The van der Waals surface area contributed by atoms with Crippen LogP contribution >= 0.6 is 0 Å². The smallest absolute Gasteiger partial charge is 0.366 e. The van der Waals surface area contributed by atoms with Crippen LogP contribution in [0, 0.1) is 10.1 Å². The van der Waals surface area contributed by atoms with Crippen molar-refractivity contribution in [2.45, 2.75) is 110 Å². The topological polar surface area (TPSA) is 279 Å². The molecule has 1 amide bonds. The van der Waals surface area contributed by atoms with Gasteiger partial charge in [-0.1, -0.05) is 37.1 Å². The Morgan fingerprint density at radius 3 is 2.22 bits per heavy atom. The molecular formula is C43H49N5O17. The minimum atomic E-state index is -2.38. The number of methoxy groups -OCH3 is 1. The summed E-state index contributed by atoms with van der Waals surface area (Å²) in [5.41, 5.74) is -1.13. The van der Waals surface area contributed by atoms with Gasteiger partial charge in [0.05, 0.1) is 53.3 Å². The Balaban J connectivity index is 1.41. The van der Waals surface area contributed by atoms with Crippen molar-refractivity contribution in [1.29, 1.82) is 0 Å². The lowest BCUT2D eigenvalue weighted by Gasteiger charge is -2.48. The van der Waals surface area contributed by atoms with E-state index in [1.807, 2.05) is 0 Å². The molecule has 0 unspecified atom stereocenters. The number of nitrogens with one attached hydrogen (secondary N) is 1. The van der Waals surface area contributed by atoms with Gasteiger partial charge in [-0.2, -0.15) is 4.98 Å². The number of carbonyl (C=O) groups is 6. The highest BCUT2D eigenvalue weighted by Crippen LogP contribution is 2.38. The van der Waals surface area contributed by atoms with Gasteiger partial charge in [0.2, 0.25) is 5.91 Å². The Hall–Kier alpha value is -7.07. The van der Waals surface area contributed by atoms with E-state index >= 15 is 0 Å². The molecule has 5 rings (SSSR count). The van der Waals surface area contributed by atoms with Crippen LogP contribution < -0.4 is 16.6 Å². The zero-order valence-electron chi connectivity index (χ0n) is 36.5. The number of nitrogens with zero attached hydrogens (tertiary/aromatic N) is 4. The zero-order chi connectivity index (χ0) is 47.6. The summed E-state index contributed by atoms with van der Waals surface area (Å²) in [5, 5.41) is 14.9. The molecule has 1 saturated heterocycles. The molecule has 0 saturated carbocycles. The molecule has 22 nitrogen and oxygen atoms in total. The van der Waals surface area contributed by atoms with E-state index in [1.54, 1.807) is 41.0 Å². The third-order valence-corrected chi connectivity index (χ3v) is 10.3. The Labute approximate surface area is 370 Å². The van der Waals surface area contributed by atoms with E-state index in [0.29, 0.717) is 24.8 Å². The summed E-state index contributed by atoms with van der Waals surface area (Å²) in [7, 11) is 1.05. The van der Waals surface area contributed by atoms with Crippen molar-refractivity contribution in [2.24, 2.45) is 0 Å². The highest BCUT2D eigenvalue weighted by Gasteiger charge is 2.59. The van der Waals surface area contributed by atoms with Crippen LogP contribution in [0.1, 0.15) is 66.7 Å². The minimum absolute atomic E-state index is 0.00292. The van der Waals surface area contributed by atoms with Crippen molar-refractivity contribution in [3.05, 3.63) is 85.5 Å². The second kappa shape index (κ2) is 21.5. The number of nitro groups is 1. The van der Waals surface area contributed by atoms with Gasteiger partial charge in [0.1, 0.15) is 18.8 Å². The second-order valence-corrected chi connectivity index (χ2v) is 15.1. The van der Waals surface area contributed by atoms with Gasteiger partial charge in [-0.3, -0.25) is 38.9 Å². The zero-order valence-corrected chi connectivity index (χ0v) is 36.5. The number of non-ortho nitro benzene ring substituents is 1. The van der Waals surface area contributed by atoms with Gasteiger partial charge in [0.15, 0.2) is 18.0 Å². The number of rotatable bonds is 19. The number of amides is 1. The molecule has 0 aromatic heterocycles. The van der Waals surface area contributed by atoms with Crippen LogP contribution in [-0.2, 0) is 68.5 Å². The summed E-state index contributed by atoms with van der Waals surface area (Å²) in [6, 6.07) is 12.6. The molecule has 0 aliphatic carbocycles. The second-order valence-electron chi connectivity index (χ2n) is 15.1. The van der Waals surface area contributed by atoms with Crippen molar-refractivity contribution in [3.8, 4) is 17.1 Å². The lowest BCUT2D eigenvalue weighted by Crippen LogP contribution is -2.69. The summed E-state index contributed by atoms with van der Waals surface area (Å²) in [5.74, 6) is -7.52. The van der Waals surface area contributed by atoms with E-state index in [9.17, 15) is 48.5 Å². The van der Waals surface area contributed by atoms with Crippen LogP contribution in [0.15, 0.2) is 64.2 Å². The van der Waals surface area contributed by atoms with Crippen molar-refractivity contribution in [3.63, 3.8) is 0 Å². The maximum absolute atomic E-state index is 13.9. The lowest BCUT2D eigenvalue weighted by molar-refractivity contribution is -0.383. The maximum atomic E-state index is 13.9. The highest BCUT2D eigenvalue weighted by molar-refractivity contribution is 5.92. The molecule has 2 aromatic rings. The molecule has 3 heterocycles. The van der Waals surface area contributed by atoms with E-state index in [4.69, 9.17) is 33.2 Å². The number of aromatic nitrogens is 3. The molecule has 3 aliphatic heterocycles. The monoisotopic (exact) mass is 907 g/mol. The van der Waals surface area contributed by atoms with E-state index in [1.165, 1.54) is 18.2 Å². The lowest BCUT2D eigenvalue weighted by atomic mass is 9.88. The minimum Gasteiger partial charge on any atom is -0.465 e. The number of pyridine rings is 1. The van der Waals surface area contributed by atoms with Gasteiger partial charge >= 0.3 is 35.5 Å². The van der Waals surface area contributed by atoms with E-state index in [-0.39, 0.29) is 47.7 Å². The molecule has 0 spiro atoms. The molecular weight excluding hydrogens is 858 g/mol. The predicted molar refractivity (Wildman–Crippen MR) is 224 cm³/mol. The number of hydrogen-bond acceptors (Lipinski definition) is 18. The average molecular weight is 908 g/mol. The molecule has 6 atom stereocenters. The van der Waals surface area contributed by atoms with Crippen LogP contribution in [0.5, 0.6) is 0 Å². The number of carbonyl (C=O) groups excluding carboxylic acids is 6. The van der Waals surface area contributed by atoms with Crippen molar-refractivity contribution < 1.29 is 66.8 Å². The molecule has 3 aliphatic rings. The summed E-state index contributed by atoms with van der Waals surface area (Å²) in [4.78, 5) is 118. The van der Waals surface area contributed by atoms with Gasteiger partial charge in [0.25, 0.3) is 17.0 Å². The summed E-state index contributed by atoms with van der Waals surface area (Å²) >= 11 is 0. The van der Waals surface area contributed by atoms with Gasteiger partial charge in [0, 0.05) is 47.2 Å². The summed E-state index contributed by atoms with van der Waals surface area (Å²) in [6.07, 6.45) is -5.28. The van der Waals surface area contributed by atoms with Crippen LogP contribution in [0.25, 0.3) is 28.0 Å². The maximum Gasteiger partial charge on any atom is 0.366 e. The van der Waals surface area contributed by atoms with Gasteiger partial charge in [-0.15, -0.1) is 0 Å². The SMILES string of the molecule is COC(=O)[C@]1(OCCCCCCn2c3nc(=O)n(-c4ccccc4)c(=O)c-3cc3c([N+](=O)[O-])cccc32)C[C@H](OC(C)=O)[C@@H](NC(C)=O)[C@H]([C@H](OC(C)=O)[C@@H](COC(C)=O)OC(C)=O)O1. The number of unbranched alkanes of at least 4 members (excludes halogenated alkanes) is 3. The Morgan fingerprint density at radius 2 is 1.60 bits per heavy atom. The highest BCUT2D eigenvalue weighted by atomic mass is 16.7. The first-order valence-corrected chi connectivity index (χ1v) is 20.5. The predicted octanol–water partition coefficient (Wildman–Crippen LogP) is 2.66. The Kier molecular flexibility index (Phi) is 16.2. The van der Waals surface area contributed by atoms with Crippen molar-refractivity contribution in [2.75, 3.05) is 20.3 Å². The summed E-state index contributed by atoms with van der Waals surface area (Å²) < 4.78 is 41.7. The first-order chi connectivity index (χ1) is 30.9. The number of ether oxygens (including phenoxy) is 7. The average Bonchev–Trinajstić information content (AvgIpc) is 3.24. The fourth-order valence-electron chi connectivity index (χ4n) is 7.72. The van der Waals surface area contributed by atoms with Crippen LogP contribution in [-0.4, -0.2) is 111 Å². The third-order valence-electron chi connectivity index (χ3n) is 10.3. The quantitative estimate of drug-likeness (QED) is 0.0353. The molecule has 0 bridgehead atoms. The first-order valence-electron chi connectivity index (χ1n) is 20.5. The van der Waals surface area contributed by atoms with Crippen molar-refractivity contribution in [1.82, 2.24) is 19.4 Å². The fraction of sp³-hybridized carbons (Fsp3) is 0.465. The van der Waals surface area contributed by atoms with E-state index in [0.717, 1.165) is 46.3 Å². The molecule has 22 heteroatoms. The van der Waals surface area contributed by atoms with Crippen LogP contribution in [0.3, 0.4) is 0 Å². The van der Waals surface area contributed by atoms with Crippen molar-refractivity contribution >= 4 is 52.3 Å². The molecule has 1 fully saturated rings. The molecule has 1 N–H and O–H groups in total. The molecule has 65 heavy (non-hydrogen) atoms. The largest absolute Gasteiger partial charge is 0.465 e. The third kappa shape index (κ3) is 11.7. The molecule has 0 radical (unpaired) electrons. The normalized spacial score (nSPS) is 19.1. The van der Waals surface area contributed by atoms with E-state index in [2.05, 4.69) is 10.3 Å². The number of fused-ring (bicyclic) bond motifs is 2. The standard InChI is InChI=1S/C43H49N5O17/c1-24(49)44-36-34(62-26(3)51)22-43(41(55)59-6,65-38(36)37(64-28(5)53)35(63-27(4)52)23-60-25(2)50)61-20-13-8-7-12-19-46-32-17-14-18-33(48(57)58)30(32)21-31-39(46)45-42(56)47(40(31)54)29-15-10-9-11-16-29/h9-11,14-18,21,34-38H,7-8,12-13,19-20,22-23H2,1-6H3,(H,44,49)/t34-,35+,36+,37+,38+,43-/m0/s1. The number of nitro benzene ring substituents is 1. The van der Waals surface area contributed by atoms with Crippen LogP contribution in [0.4, 0.5) is 5.69 Å². The van der Waals surface area contributed by atoms with Crippen LogP contribution in [0.2, 0.25) is 0 Å². The number of benzene rings is 2. The number of esters is 5. The molecule has 348 valence electrons. The Bertz CT molecular complexity index is 2520. The summed E-state index contributed by atoms with van der Waals surface area (Å²) in [6.45, 7) is 4.71. The van der Waals surface area contributed by atoms with Gasteiger partial charge in [-0.05, 0) is 37.1 Å². The van der Waals surface area contributed by atoms with Gasteiger partial charge < -0.3 is 43.0 Å². The van der Waals surface area contributed by atoms with Gasteiger partial charge in [-0.25, -0.2) is 14.2 Å². The number of aryl methyl sites for hydroxylation is 1. The number of hydrogen-bond donors (Lipinski definition) is 1. The Morgan fingerprint density at radius 1 is 0.908 bits per heavy atom. The van der Waals surface area contributed by atoms with E-state index < -0.39 is 101 Å². The number of para-hydroxylation sites is 1. The fourth-order valence-corrected chi connectivity index (χ4v) is 7.72. The molecule has 2 aromatic carbocycles.